The lowest BCUT2D eigenvalue weighted by molar-refractivity contribution is 0.0666. The quantitative estimate of drug-likeness (QED) is 0.862. The van der Waals surface area contributed by atoms with Crippen LogP contribution < -0.4 is 5.56 Å². The van der Waals surface area contributed by atoms with Crippen LogP contribution in [0.3, 0.4) is 0 Å². The molecular formula is C18H19N3O4S. The molecule has 2 N–H and O–H groups in total. The first-order valence-corrected chi connectivity index (χ1v) is 9.40. The summed E-state index contributed by atoms with van der Waals surface area (Å²) in [6, 6.07) is 6.87. The summed E-state index contributed by atoms with van der Waals surface area (Å²) in [5, 5.41) is 12.7. The topological polar surface area (TPSA) is 96.7 Å². The summed E-state index contributed by atoms with van der Waals surface area (Å²) in [6.07, 6.45) is 1.69. The van der Waals surface area contributed by atoms with Crippen molar-refractivity contribution in [3.63, 3.8) is 0 Å². The molecule has 1 saturated heterocycles. The van der Waals surface area contributed by atoms with Crippen LogP contribution in [0.15, 0.2) is 34.1 Å². The first-order chi connectivity index (χ1) is 12.5. The molecule has 0 spiro atoms. The highest BCUT2D eigenvalue weighted by molar-refractivity contribution is 8.14. The van der Waals surface area contributed by atoms with Crippen LogP contribution in [-0.4, -0.2) is 39.1 Å². The van der Waals surface area contributed by atoms with E-state index in [1.54, 1.807) is 24.3 Å². The minimum absolute atomic E-state index is 0.137. The van der Waals surface area contributed by atoms with Gasteiger partial charge in [-0.15, -0.1) is 0 Å². The second kappa shape index (κ2) is 6.77. The summed E-state index contributed by atoms with van der Waals surface area (Å²) >= 11 is 1.52. The number of aromatic amines is 1. The third-order valence-corrected chi connectivity index (χ3v) is 5.94. The molecule has 136 valence electrons. The van der Waals surface area contributed by atoms with E-state index in [9.17, 15) is 9.59 Å². The Balaban J connectivity index is 1.77. The molecule has 0 radical (unpaired) electrons. The number of aliphatic imine (C=N–C) groups is 1. The van der Waals surface area contributed by atoms with E-state index in [0.29, 0.717) is 24.6 Å². The van der Waals surface area contributed by atoms with Crippen molar-refractivity contribution in [3.05, 3.63) is 51.3 Å². The molecule has 0 aliphatic carbocycles. The van der Waals surface area contributed by atoms with Crippen molar-refractivity contribution in [2.24, 2.45) is 4.99 Å². The van der Waals surface area contributed by atoms with Crippen molar-refractivity contribution in [1.82, 2.24) is 9.78 Å². The van der Waals surface area contributed by atoms with Gasteiger partial charge in [-0.2, -0.15) is 0 Å². The van der Waals surface area contributed by atoms with Gasteiger partial charge in [0.25, 0.3) is 5.56 Å². The number of hydrogen-bond donors (Lipinski definition) is 2. The Morgan fingerprint density at radius 1 is 1.31 bits per heavy atom. The number of carbonyl (C=O) groups is 1. The molecule has 1 fully saturated rings. The zero-order valence-electron chi connectivity index (χ0n) is 14.3. The Morgan fingerprint density at radius 3 is 2.65 bits per heavy atom. The number of nitrogens with zero attached hydrogens (tertiary/aromatic N) is 2. The zero-order chi connectivity index (χ0) is 18.3. The predicted molar refractivity (Wildman–Crippen MR) is 99.7 cm³/mol. The van der Waals surface area contributed by atoms with Crippen LogP contribution in [0.1, 0.15) is 52.5 Å². The molecule has 2 aliphatic rings. The third kappa shape index (κ3) is 2.99. The Kier molecular flexibility index (Phi) is 4.46. The molecule has 0 amide bonds. The van der Waals surface area contributed by atoms with Gasteiger partial charge in [0.05, 0.1) is 27.5 Å². The fraction of sp³-hybridized carbons (Fsp3) is 0.389. The Bertz CT molecular complexity index is 923. The molecule has 0 saturated carbocycles. The maximum atomic E-state index is 12.7. The first kappa shape index (κ1) is 17.1. The summed E-state index contributed by atoms with van der Waals surface area (Å²) in [6.45, 7) is 3.28. The van der Waals surface area contributed by atoms with Crippen LogP contribution in [0.2, 0.25) is 0 Å². The van der Waals surface area contributed by atoms with Crippen LogP contribution in [-0.2, 0) is 4.74 Å². The maximum absolute atomic E-state index is 12.7. The Hall–Kier alpha value is -2.32. The number of carboxylic acids is 1. The van der Waals surface area contributed by atoms with Gasteiger partial charge in [-0.25, -0.2) is 9.79 Å². The number of nitrogens with one attached hydrogen (secondary N) is 1. The van der Waals surface area contributed by atoms with Crippen molar-refractivity contribution in [2.45, 2.75) is 31.1 Å². The number of benzene rings is 1. The van der Waals surface area contributed by atoms with Crippen molar-refractivity contribution in [2.75, 3.05) is 13.2 Å². The number of rotatable bonds is 3. The molecule has 8 heteroatoms. The van der Waals surface area contributed by atoms with E-state index < -0.39 is 5.97 Å². The SMILES string of the molecule is CC1=Nc2c(c(=O)[nH]n2C2CCOCC2)[C@@H](c2ccc(C(=O)O)cc2)S1. The maximum Gasteiger partial charge on any atom is 0.335 e. The van der Waals surface area contributed by atoms with Gasteiger partial charge in [0.1, 0.15) is 0 Å². The molecule has 0 bridgehead atoms. The molecule has 1 aromatic carbocycles. The number of hydrogen-bond acceptors (Lipinski definition) is 5. The highest BCUT2D eigenvalue weighted by Gasteiger charge is 2.32. The molecule has 26 heavy (non-hydrogen) atoms. The van der Waals surface area contributed by atoms with E-state index in [4.69, 9.17) is 9.84 Å². The van der Waals surface area contributed by atoms with Crippen LogP contribution in [0, 0.1) is 0 Å². The third-order valence-electron chi connectivity index (χ3n) is 4.77. The number of thioether (sulfide) groups is 1. The average molecular weight is 373 g/mol. The number of fused-ring (bicyclic) bond motifs is 1. The number of aromatic nitrogens is 2. The Morgan fingerprint density at radius 2 is 2.00 bits per heavy atom. The molecule has 1 atom stereocenters. The average Bonchev–Trinajstić information content (AvgIpc) is 2.98. The van der Waals surface area contributed by atoms with Crippen molar-refractivity contribution in [1.29, 1.82) is 0 Å². The number of ether oxygens (including phenoxy) is 1. The van der Waals surface area contributed by atoms with E-state index >= 15 is 0 Å². The van der Waals surface area contributed by atoms with E-state index in [1.165, 1.54) is 11.8 Å². The van der Waals surface area contributed by atoms with Crippen molar-refractivity contribution in [3.8, 4) is 0 Å². The van der Waals surface area contributed by atoms with Crippen LogP contribution in [0.5, 0.6) is 0 Å². The number of carboxylic acid groups (broad SMARTS) is 1. The van der Waals surface area contributed by atoms with Crippen molar-refractivity contribution < 1.29 is 14.6 Å². The highest BCUT2D eigenvalue weighted by atomic mass is 32.2. The summed E-state index contributed by atoms with van der Waals surface area (Å²) in [4.78, 5) is 28.4. The number of H-pyrrole nitrogens is 1. The minimum Gasteiger partial charge on any atom is -0.478 e. The minimum atomic E-state index is -0.963. The smallest absolute Gasteiger partial charge is 0.335 e. The monoisotopic (exact) mass is 373 g/mol. The van der Waals surface area contributed by atoms with Gasteiger partial charge < -0.3 is 9.84 Å². The number of aromatic carboxylic acids is 1. The standard InChI is InChI=1S/C18H19N3O4S/c1-10-19-16-14(17(22)20-21(16)13-6-8-25-9-7-13)15(26-10)11-2-4-12(5-3-11)18(23)24/h2-5,13,15H,6-9H2,1H3,(H,20,22)(H,23,24)/t15-/m1/s1. The second-order valence-electron chi connectivity index (χ2n) is 6.45. The lowest BCUT2D eigenvalue weighted by atomic mass is 10.0. The fourth-order valence-electron chi connectivity index (χ4n) is 3.45. The van der Waals surface area contributed by atoms with Crippen LogP contribution in [0.25, 0.3) is 0 Å². The molecule has 1 aromatic heterocycles. The van der Waals surface area contributed by atoms with Gasteiger partial charge in [-0.1, -0.05) is 23.9 Å². The van der Waals surface area contributed by atoms with Crippen LogP contribution in [0.4, 0.5) is 5.82 Å². The largest absolute Gasteiger partial charge is 0.478 e. The van der Waals surface area contributed by atoms with E-state index in [-0.39, 0.29) is 22.4 Å². The summed E-state index contributed by atoms with van der Waals surface area (Å²) < 4.78 is 7.31. The molecule has 3 heterocycles. The van der Waals surface area contributed by atoms with Crippen molar-refractivity contribution >= 4 is 28.6 Å². The lowest BCUT2D eigenvalue weighted by Gasteiger charge is -2.26. The Labute approximate surface area is 154 Å². The first-order valence-electron chi connectivity index (χ1n) is 8.52. The van der Waals surface area contributed by atoms with Gasteiger partial charge in [-0.05, 0) is 37.5 Å². The summed E-state index contributed by atoms with van der Waals surface area (Å²) in [5.41, 5.74) is 1.62. The van der Waals surface area contributed by atoms with Gasteiger partial charge in [0.2, 0.25) is 0 Å². The molecule has 2 aliphatic heterocycles. The van der Waals surface area contributed by atoms with E-state index in [1.807, 2.05) is 11.6 Å². The normalized spacial score (nSPS) is 20.5. The van der Waals surface area contributed by atoms with E-state index in [0.717, 1.165) is 23.4 Å². The summed E-state index contributed by atoms with van der Waals surface area (Å²) in [5.74, 6) is -0.278. The second-order valence-corrected chi connectivity index (χ2v) is 7.75. The molecular weight excluding hydrogens is 354 g/mol. The van der Waals surface area contributed by atoms with Gasteiger partial charge in [-0.3, -0.25) is 14.6 Å². The van der Waals surface area contributed by atoms with Gasteiger partial charge in [0.15, 0.2) is 5.82 Å². The van der Waals surface area contributed by atoms with Gasteiger partial charge in [0, 0.05) is 13.2 Å². The molecule has 0 unspecified atom stereocenters. The zero-order valence-corrected chi connectivity index (χ0v) is 15.1. The predicted octanol–water partition coefficient (Wildman–Crippen LogP) is 3.11. The molecule has 4 rings (SSSR count). The van der Waals surface area contributed by atoms with Crippen LogP contribution >= 0.6 is 11.8 Å². The van der Waals surface area contributed by atoms with Gasteiger partial charge >= 0.3 is 5.97 Å². The fourth-order valence-corrected chi connectivity index (χ4v) is 4.56. The summed E-state index contributed by atoms with van der Waals surface area (Å²) in [7, 11) is 0. The lowest BCUT2D eigenvalue weighted by Crippen LogP contribution is -2.21. The molecule has 7 nitrogen and oxygen atoms in total. The van der Waals surface area contributed by atoms with E-state index in [2.05, 4.69) is 10.1 Å². The molecule has 2 aromatic rings. The highest BCUT2D eigenvalue weighted by Crippen LogP contribution is 2.44.